The number of carbonyl (C=O) groups excluding carboxylic acids is 3. The third-order valence-corrected chi connectivity index (χ3v) is 3.85. The normalized spacial score (nSPS) is 10.2. The quantitative estimate of drug-likeness (QED) is 0.601. The van der Waals surface area contributed by atoms with E-state index in [4.69, 9.17) is 4.74 Å². The van der Waals surface area contributed by atoms with Crippen LogP contribution < -0.4 is 5.32 Å². The first-order chi connectivity index (χ1) is 10.6. The van der Waals surface area contributed by atoms with Crippen LogP contribution in [0.5, 0.6) is 0 Å². The molecule has 0 atom stereocenters. The summed E-state index contributed by atoms with van der Waals surface area (Å²) in [5, 5.41) is 4.65. The smallest absolute Gasteiger partial charge is 0.355 e. The summed E-state index contributed by atoms with van der Waals surface area (Å²) in [7, 11) is 0. The Kier molecular flexibility index (Phi) is 5.48. The summed E-state index contributed by atoms with van der Waals surface area (Å²) in [5.41, 5.74) is 0.545. The molecule has 0 aliphatic carbocycles. The van der Waals surface area contributed by atoms with Gasteiger partial charge in [0.25, 0.3) is 5.91 Å². The van der Waals surface area contributed by atoms with Crippen LogP contribution in [0.2, 0.25) is 0 Å². The van der Waals surface area contributed by atoms with Crippen molar-refractivity contribution in [3.8, 4) is 0 Å². The zero-order chi connectivity index (χ0) is 15.9. The number of ether oxygens (including phenoxy) is 1. The molecule has 1 amide bonds. The molecule has 0 fully saturated rings. The lowest BCUT2D eigenvalue weighted by Crippen LogP contribution is -2.30. The van der Waals surface area contributed by atoms with Crippen molar-refractivity contribution < 1.29 is 19.1 Å². The molecule has 7 heteroatoms. The second kappa shape index (κ2) is 7.56. The minimum absolute atomic E-state index is 0.150. The number of amides is 1. The lowest BCUT2D eigenvalue weighted by atomic mass is 10.2. The van der Waals surface area contributed by atoms with Crippen molar-refractivity contribution in [2.24, 2.45) is 0 Å². The van der Waals surface area contributed by atoms with E-state index in [1.165, 1.54) is 24.1 Å². The van der Waals surface area contributed by atoms with Gasteiger partial charge in [0.05, 0.1) is 0 Å². The molecule has 0 radical (unpaired) electrons. The third kappa shape index (κ3) is 4.56. The Hall–Kier alpha value is -2.41. The average Bonchev–Trinajstić information content (AvgIpc) is 3.15. The summed E-state index contributed by atoms with van der Waals surface area (Å²) < 4.78 is 4.88. The maximum atomic E-state index is 11.7. The van der Waals surface area contributed by atoms with Gasteiger partial charge in [0.1, 0.15) is 5.69 Å². The molecule has 0 aliphatic rings. The summed E-state index contributed by atoms with van der Waals surface area (Å²) in [5.74, 6) is -1.18. The van der Waals surface area contributed by atoms with E-state index >= 15 is 0 Å². The van der Waals surface area contributed by atoms with Crippen molar-refractivity contribution in [1.82, 2.24) is 10.3 Å². The second-order valence-electron chi connectivity index (χ2n) is 4.61. The summed E-state index contributed by atoms with van der Waals surface area (Å²) in [6.07, 6.45) is 2.18. The van der Waals surface area contributed by atoms with E-state index in [2.05, 4.69) is 10.3 Å². The highest BCUT2D eigenvalue weighted by atomic mass is 32.1. The van der Waals surface area contributed by atoms with Gasteiger partial charge in [-0.25, -0.2) is 4.79 Å². The number of hydrogen-bond donors (Lipinski definition) is 2. The molecule has 0 bridgehead atoms. The Morgan fingerprint density at radius 1 is 1.36 bits per heavy atom. The minimum atomic E-state index is -0.666. The van der Waals surface area contributed by atoms with Gasteiger partial charge in [0.15, 0.2) is 12.4 Å². The van der Waals surface area contributed by atoms with E-state index in [1.807, 2.05) is 17.5 Å². The number of thiophene rings is 1. The van der Waals surface area contributed by atoms with Crippen molar-refractivity contribution in [2.45, 2.75) is 13.3 Å². The number of nitrogens with one attached hydrogen (secondary N) is 2. The SMILES string of the molecule is CC(=O)c1c[nH]c(C(=O)OCC(=O)NCCc2cccs2)c1. The number of carbonyl (C=O) groups is 3. The number of aromatic amines is 1. The zero-order valence-electron chi connectivity index (χ0n) is 12.0. The standard InChI is InChI=1S/C15H16N2O4S/c1-10(18)11-7-13(17-8-11)15(20)21-9-14(19)16-5-4-12-3-2-6-22-12/h2-3,6-8,17H,4-5,9H2,1H3,(H,16,19). The fraction of sp³-hybridized carbons (Fsp3) is 0.267. The molecule has 0 spiro atoms. The van der Waals surface area contributed by atoms with E-state index in [1.54, 1.807) is 11.3 Å². The van der Waals surface area contributed by atoms with Gasteiger partial charge >= 0.3 is 5.97 Å². The second-order valence-corrected chi connectivity index (χ2v) is 5.65. The highest BCUT2D eigenvalue weighted by molar-refractivity contribution is 7.09. The number of rotatable bonds is 7. The molecule has 0 aliphatic heterocycles. The molecule has 2 aromatic heterocycles. The highest BCUT2D eigenvalue weighted by Gasteiger charge is 2.13. The molecule has 2 aromatic rings. The maximum Gasteiger partial charge on any atom is 0.355 e. The van der Waals surface area contributed by atoms with E-state index in [9.17, 15) is 14.4 Å². The van der Waals surface area contributed by atoms with E-state index < -0.39 is 5.97 Å². The summed E-state index contributed by atoms with van der Waals surface area (Å²) >= 11 is 1.63. The largest absolute Gasteiger partial charge is 0.451 e. The summed E-state index contributed by atoms with van der Waals surface area (Å²) in [6.45, 7) is 1.55. The minimum Gasteiger partial charge on any atom is -0.451 e. The monoisotopic (exact) mass is 320 g/mol. The molecule has 0 saturated heterocycles. The molecule has 2 rings (SSSR count). The van der Waals surface area contributed by atoms with Crippen LogP contribution in [0.25, 0.3) is 0 Å². The van der Waals surface area contributed by atoms with Crippen molar-refractivity contribution in [1.29, 1.82) is 0 Å². The first kappa shape index (κ1) is 16.0. The zero-order valence-corrected chi connectivity index (χ0v) is 12.9. The molecule has 2 heterocycles. The number of H-pyrrole nitrogens is 1. The number of ketones is 1. The van der Waals surface area contributed by atoms with Crippen LogP contribution in [-0.4, -0.2) is 35.8 Å². The topological polar surface area (TPSA) is 88.3 Å². The number of aromatic nitrogens is 1. The van der Waals surface area contributed by atoms with Gasteiger partial charge in [0, 0.05) is 23.2 Å². The van der Waals surface area contributed by atoms with E-state index in [0.29, 0.717) is 12.1 Å². The first-order valence-corrected chi connectivity index (χ1v) is 7.60. The maximum absolute atomic E-state index is 11.7. The molecular weight excluding hydrogens is 304 g/mol. The van der Waals surface area contributed by atoms with Gasteiger partial charge in [-0.05, 0) is 30.9 Å². The molecular formula is C15H16N2O4S. The van der Waals surface area contributed by atoms with Crippen molar-refractivity contribution >= 4 is 29.0 Å². The number of esters is 1. The average molecular weight is 320 g/mol. The van der Waals surface area contributed by atoms with E-state index in [-0.39, 0.29) is 24.0 Å². The van der Waals surface area contributed by atoms with Crippen LogP contribution in [-0.2, 0) is 16.0 Å². The summed E-state index contributed by atoms with van der Waals surface area (Å²) in [4.78, 5) is 38.2. The Morgan fingerprint density at radius 3 is 2.82 bits per heavy atom. The van der Waals surface area contributed by atoms with Crippen LogP contribution >= 0.6 is 11.3 Å². The van der Waals surface area contributed by atoms with E-state index in [0.717, 1.165) is 6.42 Å². The van der Waals surface area contributed by atoms with Gasteiger partial charge in [-0.2, -0.15) is 0 Å². The Balaban J connectivity index is 1.70. The molecule has 0 saturated carbocycles. The highest BCUT2D eigenvalue weighted by Crippen LogP contribution is 2.08. The first-order valence-electron chi connectivity index (χ1n) is 6.72. The van der Waals surface area contributed by atoms with Gasteiger partial charge in [-0.1, -0.05) is 6.07 Å². The van der Waals surface area contributed by atoms with Crippen LogP contribution in [0.15, 0.2) is 29.8 Å². The van der Waals surface area contributed by atoms with Crippen LogP contribution in [0.4, 0.5) is 0 Å². The molecule has 2 N–H and O–H groups in total. The van der Waals surface area contributed by atoms with Gasteiger partial charge in [-0.3, -0.25) is 9.59 Å². The van der Waals surface area contributed by atoms with Gasteiger partial charge < -0.3 is 15.0 Å². The Labute approximate surface area is 131 Å². The molecule has 116 valence electrons. The number of Topliss-reactive ketones (excluding diaryl/α,β-unsaturated/α-hetero) is 1. The fourth-order valence-electron chi connectivity index (χ4n) is 1.76. The van der Waals surface area contributed by atoms with Gasteiger partial charge in [-0.15, -0.1) is 11.3 Å². The van der Waals surface area contributed by atoms with Gasteiger partial charge in [0.2, 0.25) is 0 Å². The van der Waals surface area contributed by atoms with Crippen molar-refractivity contribution in [3.63, 3.8) is 0 Å². The van der Waals surface area contributed by atoms with Crippen LogP contribution in [0.3, 0.4) is 0 Å². The molecule has 22 heavy (non-hydrogen) atoms. The fourth-order valence-corrected chi connectivity index (χ4v) is 2.46. The van der Waals surface area contributed by atoms with Crippen molar-refractivity contribution in [3.05, 3.63) is 45.9 Å². The lowest BCUT2D eigenvalue weighted by Gasteiger charge is -2.05. The van der Waals surface area contributed by atoms with Crippen molar-refractivity contribution in [2.75, 3.05) is 13.2 Å². The van der Waals surface area contributed by atoms with Crippen LogP contribution in [0.1, 0.15) is 32.6 Å². The molecule has 0 aromatic carbocycles. The Bertz CT molecular complexity index is 661. The lowest BCUT2D eigenvalue weighted by molar-refractivity contribution is -0.124. The number of hydrogen-bond acceptors (Lipinski definition) is 5. The molecule has 6 nitrogen and oxygen atoms in total. The molecule has 0 unspecified atom stereocenters. The Morgan fingerprint density at radius 2 is 2.18 bits per heavy atom. The predicted molar refractivity (Wildman–Crippen MR) is 82.1 cm³/mol. The third-order valence-electron chi connectivity index (χ3n) is 2.92. The van der Waals surface area contributed by atoms with Crippen LogP contribution in [0, 0.1) is 0 Å². The predicted octanol–water partition coefficient (Wildman–Crippen LogP) is 1.79. The summed E-state index contributed by atoms with van der Waals surface area (Å²) in [6, 6.07) is 5.35.